The van der Waals surface area contributed by atoms with Crippen LogP contribution in [-0.4, -0.2) is 6.10 Å². The van der Waals surface area contributed by atoms with Gasteiger partial charge in [-0.1, -0.05) is 34.7 Å². The number of rotatable bonds is 3. The van der Waals surface area contributed by atoms with E-state index in [4.69, 9.17) is 4.74 Å². The van der Waals surface area contributed by atoms with E-state index < -0.39 is 0 Å². The quantitative estimate of drug-likeness (QED) is 0.780. The molecular formula is C11H13BrO. The van der Waals surface area contributed by atoms with Crippen LogP contribution in [0.2, 0.25) is 0 Å². The Balaban J connectivity index is 3.01. The van der Waals surface area contributed by atoms with E-state index in [-0.39, 0.29) is 6.10 Å². The van der Waals surface area contributed by atoms with E-state index in [0.717, 1.165) is 15.8 Å². The lowest BCUT2D eigenvalue weighted by Gasteiger charge is -2.12. The van der Waals surface area contributed by atoms with Crippen molar-refractivity contribution in [3.8, 4) is 5.75 Å². The second kappa shape index (κ2) is 4.47. The Kier molecular flexibility index (Phi) is 3.55. The van der Waals surface area contributed by atoms with Crippen LogP contribution in [0, 0.1) is 0 Å². The van der Waals surface area contributed by atoms with E-state index in [1.165, 1.54) is 0 Å². The molecule has 1 rings (SSSR count). The minimum atomic E-state index is 0.188. The SMILES string of the molecule is C=Cc1ccc(Br)cc1OC(C)C. The van der Waals surface area contributed by atoms with Crippen molar-refractivity contribution >= 4 is 22.0 Å². The third-order valence-electron chi connectivity index (χ3n) is 1.56. The summed E-state index contributed by atoms with van der Waals surface area (Å²) in [5.74, 6) is 0.874. The molecule has 13 heavy (non-hydrogen) atoms. The van der Waals surface area contributed by atoms with Crippen LogP contribution in [-0.2, 0) is 0 Å². The Labute approximate surface area is 87.5 Å². The molecular weight excluding hydrogens is 228 g/mol. The molecule has 0 aliphatic carbocycles. The predicted molar refractivity (Wildman–Crippen MR) is 60.0 cm³/mol. The molecule has 1 nitrogen and oxygen atoms in total. The van der Waals surface area contributed by atoms with Gasteiger partial charge in [-0.15, -0.1) is 0 Å². The summed E-state index contributed by atoms with van der Waals surface area (Å²) in [6.45, 7) is 7.75. The minimum Gasteiger partial charge on any atom is -0.490 e. The first-order valence-electron chi connectivity index (χ1n) is 4.22. The molecule has 0 unspecified atom stereocenters. The fraction of sp³-hybridized carbons (Fsp3) is 0.273. The highest BCUT2D eigenvalue weighted by atomic mass is 79.9. The van der Waals surface area contributed by atoms with Crippen molar-refractivity contribution in [3.05, 3.63) is 34.8 Å². The maximum Gasteiger partial charge on any atom is 0.128 e. The zero-order valence-corrected chi connectivity index (χ0v) is 9.47. The van der Waals surface area contributed by atoms with Gasteiger partial charge in [0.25, 0.3) is 0 Å². The van der Waals surface area contributed by atoms with Gasteiger partial charge in [-0.05, 0) is 26.0 Å². The summed E-state index contributed by atoms with van der Waals surface area (Å²) in [6.07, 6.45) is 1.98. The van der Waals surface area contributed by atoms with Gasteiger partial charge in [0.05, 0.1) is 6.10 Å². The molecule has 1 aromatic carbocycles. The van der Waals surface area contributed by atoms with E-state index in [1.54, 1.807) is 6.08 Å². The summed E-state index contributed by atoms with van der Waals surface area (Å²) < 4.78 is 6.64. The van der Waals surface area contributed by atoms with Crippen molar-refractivity contribution in [2.24, 2.45) is 0 Å². The highest BCUT2D eigenvalue weighted by Gasteiger charge is 2.03. The normalized spacial score (nSPS) is 10.2. The van der Waals surface area contributed by atoms with Crippen molar-refractivity contribution in [2.75, 3.05) is 0 Å². The largest absolute Gasteiger partial charge is 0.490 e. The Morgan fingerprint density at radius 2 is 2.15 bits per heavy atom. The zero-order valence-electron chi connectivity index (χ0n) is 7.88. The van der Waals surface area contributed by atoms with Crippen molar-refractivity contribution < 1.29 is 4.74 Å². The van der Waals surface area contributed by atoms with Gasteiger partial charge in [-0.3, -0.25) is 0 Å². The van der Waals surface area contributed by atoms with Crippen LogP contribution in [0.15, 0.2) is 29.3 Å². The fourth-order valence-electron chi connectivity index (χ4n) is 1.03. The Morgan fingerprint density at radius 1 is 1.46 bits per heavy atom. The molecule has 0 aliphatic heterocycles. The maximum absolute atomic E-state index is 5.62. The second-order valence-electron chi connectivity index (χ2n) is 3.05. The van der Waals surface area contributed by atoms with Crippen molar-refractivity contribution in [3.63, 3.8) is 0 Å². The minimum absolute atomic E-state index is 0.188. The van der Waals surface area contributed by atoms with Gasteiger partial charge in [-0.25, -0.2) is 0 Å². The summed E-state index contributed by atoms with van der Waals surface area (Å²) >= 11 is 3.40. The lowest BCUT2D eigenvalue weighted by Crippen LogP contribution is -2.06. The van der Waals surface area contributed by atoms with Crippen LogP contribution in [0.4, 0.5) is 0 Å². The summed E-state index contributed by atoms with van der Waals surface area (Å²) in [7, 11) is 0. The van der Waals surface area contributed by atoms with Crippen LogP contribution in [0.3, 0.4) is 0 Å². The predicted octanol–water partition coefficient (Wildman–Crippen LogP) is 3.88. The van der Waals surface area contributed by atoms with Crippen LogP contribution < -0.4 is 4.74 Å². The standard InChI is InChI=1S/C11H13BrO/c1-4-9-5-6-10(12)7-11(9)13-8(2)3/h4-8H,1H2,2-3H3. The molecule has 0 radical (unpaired) electrons. The Hall–Kier alpha value is -0.760. The van der Waals surface area contributed by atoms with Gasteiger partial charge in [0.2, 0.25) is 0 Å². The average molecular weight is 241 g/mol. The monoisotopic (exact) mass is 240 g/mol. The molecule has 0 aromatic heterocycles. The summed E-state index contributed by atoms with van der Waals surface area (Å²) in [6, 6.07) is 5.91. The fourth-order valence-corrected chi connectivity index (χ4v) is 1.37. The summed E-state index contributed by atoms with van der Waals surface area (Å²) in [4.78, 5) is 0. The van der Waals surface area contributed by atoms with E-state index in [9.17, 15) is 0 Å². The van der Waals surface area contributed by atoms with Crippen LogP contribution in [0.5, 0.6) is 5.75 Å². The summed E-state index contributed by atoms with van der Waals surface area (Å²) in [5.41, 5.74) is 1.02. The van der Waals surface area contributed by atoms with Crippen LogP contribution in [0.25, 0.3) is 6.08 Å². The molecule has 0 N–H and O–H groups in total. The first-order valence-corrected chi connectivity index (χ1v) is 5.01. The molecule has 0 spiro atoms. The zero-order chi connectivity index (χ0) is 9.84. The third-order valence-corrected chi connectivity index (χ3v) is 2.05. The first-order chi connectivity index (χ1) is 6.13. The number of halogens is 1. The number of hydrogen-bond donors (Lipinski definition) is 0. The molecule has 0 saturated carbocycles. The first kappa shape index (κ1) is 10.3. The molecule has 1 aromatic rings. The van der Waals surface area contributed by atoms with Crippen LogP contribution in [0.1, 0.15) is 19.4 Å². The Morgan fingerprint density at radius 3 is 2.69 bits per heavy atom. The molecule has 0 fully saturated rings. The Bertz CT molecular complexity index is 305. The lowest BCUT2D eigenvalue weighted by atomic mass is 10.2. The molecule has 0 saturated heterocycles. The molecule has 2 heteroatoms. The second-order valence-corrected chi connectivity index (χ2v) is 3.97. The van der Waals surface area contributed by atoms with Gasteiger partial charge < -0.3 is 4.74 Å². The molecule has 0 aliphatic rings. The highest BCUT2D eigenvalue weighted by molar-refractivity contribution is 9.10. The lowest BCUT2D eigenvalue weighted by molar-refractivity contribution is 0.242. The molecule has 0 heterocycles. The van der Waals surface area contributed by atoms with E-state index in [0.29, 0.717) is 0 Å². The van der Waals surface area contributed by atoms with Crippen molar-refractivity contribution in [2.45, 2.75) is 20.0 Å². The average Bonchev–Trinajstić information content (AvgIpc) is 2.03. The number of ether oxygens (including phenoxy) is 1. The topological polar surface area (TPSA) is 9.23 Å². The number of hydrogen-bond acceptors (Lipinski definition) is 1. The maximum atomic E-state index is 5.62. The van der Waals surface area contributed by atoms with E-state index in [1.807, 2.05) is 32.0 Å². The smallest absolute Gasteiger partial charge is 0.128 e. The molecule has 0 amide bonds. The molecule has 0 bridgehead atoms. The third kappa shape index (κ3) is 2.88. The molecule has 70 valence electrons. The van der Waals surface area contributed by atoms with Crippen molar-refractivity contribution in [1.29, 1.82) is 0 Å². The highest BCUT2D eigenvalue weighted by Crippen LogP contribution is 2.25. The van der Waals surface area contributed by atoms with Gasteiger partial charge in [0.1, 0.15) is 5.75 Å². The van der Waals surface area contributed by atoms with E-state index in [2.05, 4.69) is 22.5 Å². The number of benzene rings is 1. The van der Waals surface area contributed by atoms with Gasteiger partial charge in [-0.2, -0.15) is 0 Å². The van der Waals surface area contributed by atoms with Gasteiger partial charge >= 0.3 is 0 Å². The summed E-state index contributed by atoms with van der Waals surface area (Å²) in [5, 5.41) is 0. The van der Waals surface area contributed by atoms with Gasteiger partial charge in [0.15, 0.2) is 0 Å². The van der Waals surface area contributed by atoms with E-state index >= 15 is 0 Å². The molecule has 0 atom stereocenters. The van der Waals surface area contributed by atoms with Gasteiger partial charge in [0, 0.05) is 10.0 Å². The van der Waals surface area contributed by atoms with Crippen molar-refractivity contribution in [1.82, 2.24) is 0 Å². The van der Waals surface area contributed by atoms with Crippen LogP contribution >= 0.6 is 15.9 Å².